The summed E-state index contributed by atoms with van der Waals surface area (Å²) < 4.78 is 11.6. The molecule has 98 valence electrons. The van der Waals surface area contributed by atoms with Gasteiger partial charge < -0.3 is 14.8 Å². The Balaban J connectivity index is 1.62. The first kappa shape index (κ1) is 12.2. The van der Waals surface area contributed by atoms with E-state index in [0.29, 0.717) is 11.6 Å². The van der Waals surface area contributed by atoms with Crippen LogP contribution in [0.1, 0.15) is 0 Å². The molecule has 0 bridgehead atoms. The van der Waals surface area contributed by atoms with Crippen molar-refractivity contribution in [3.05, 3.63) is 53.6 Å². The minimum Gasteiger partial charge on any atom is -0.490 e. The molecule has 1 aliphatic rings. The first-order chi connectivity index (χ1) is 9.31. The maximum Gasteiger partial charge on any atom is 0.150 e. The predicted molar refractivity (Wildman–Crippen MR) is 76.3 cm³/mol. The second-order valence-corrected chi connectivity index (χ2v) is 4.82. The second kappa shape index (κ2) is 5.41. The van der Waals surface area contributed by atoms with Crippen molar-refractivity contribution >= 4 is 17.3 Å². The Morgan fingerprint density at radius 1 is 1.21 bits per heavy atom. The highest BCUT2D eigenvalue weighted by Gasteiger charge is 2.19. The maximum absolute atomic E-state index is 5.96. The average molecular weight is 276 g/mol. The number of hydrogen-bond donors (Lipinski definition) is 1. The lowest BCUT2D eigenvalue weighted by atomic mass is 10.2. The third kappa shape index (κ3) is 2.93. The quantitative estimate of drug-likeness (QED) is 0.928. The number of halogens is 1. The van der Waals surface area contributed by atoms with Gasteiger partial charge in [0.2, 0.25) is 0 Å². The molecule has 2 aromatic rings. The van der Waals surface area contributed by atoms with E-state index in [0.717, 1.165) is 23.7 Å². The van der Waals surface area contributed by atoms with Crippen LogP contribution in [0.15, 0.2) is 48.5 Å². The molecule has 1 N–H and O–H groups in total. The van der Waals surface area contributed by atoms with Crippen molar-refractivity contribution in [1.82, 2.24) is 0 Å². The Labute approximate surface area is 117 Å². The highest BCUT2D eigenvalue weighted by molar-refractivity contribution is 6.30. The van der Waals surface area contributed by atoms with Crippen molar-refractivity contribution in [1.29, 1.82) is 0 Å². The Kier molecular flexibility index (Phi) is 3.47. The van der Waals surface area contributed by atoms with Crippen molar-refractivity contribution < 1.29 is 9.47 Å². The fourth-order valence-electron chi connectivity index (χ4n) is 1.98. The van der Waals surface area contributed by atoms with Crippen LogP contribution in [0.4, 0.5) is 5.69 Å². The van der Waals surface area contributed by atoms with Crippen LogP contribution in [0.25, 0.3) is 0 Å². The van der Waals surface area contributed by atoms with Gasteiger partial charge in [0.05, 0.1) is 12.2 Å². The third-order valence-corrected chi connectivity index (χ3v) is 3.17. The van der Waals surface area contributed by atoms with Crippen molar-refractivity contribution in [3.63, 3.8) is 0 Å². The molecule has 0 saturated carbocycles. The highest BCUT2D eigenvalue weighted by Crippen LogP contribution is 2.31. The molecular weight excluding hydrogens is 262 g/mol. The predicted octanol–water partition coefficient (Wildman–Crippen LogP) is 3.59. The van der Waals surface area contributed by atoms with Gasteiger partial charge in [-0.3, -0.25) is 0 Å². The highest BCUT2D eigenvalue weighted by atomic mass is 35.5. The summed E-state index contributed by atoms with van der Waals surface area (Å²) in [4.78, 5) is 0. The summed E-state index contributed by atoms with van der Waals surface area (Å²) in [5.41, 5.74) is 0.973. The molecule has 4 heteroatoms. The van der Waals surface area contributed by atoms with Crippen molar-refractivity contribution in [3.8, 4) is 11.5 Å². The van der Waals surface area contributed by atoms with Crippen LogP contribution >= 0.6 is 11.6 Å². The molecule has 0 spiro atoms. The summed E-state index contributed by atoms with van der Waals surface area (Å²) >= 11 is 5.96. The number of rotatable bonds is 3. The second-order valence-electron chi connectivity index (χ2n) is 4.39. The van der Waals surface area contributed by atoms with E-state index < -0.39 is 0 Å². The van der Waals surface area contributed by atoms with E-state index in [1.54, 1.807) is 0 Å². The Morgan fingerprint density at radius 2 is 2.05 bits per heavy atom. The Bertz CT molecular complexity index is 559. The van der Waals surface area contributed by atoms with Crippen LogP contribution in [0.3, 0.4) is 0 Å². The van der Waals surface area contributed by atoms with Crippen LogP contribution in [-0.2, 0) is 0 Å². The Hall–Kier alpha value is -1.87. The molecule has 0 saturated heterocycles. The van der Waals surface area contributed by atoms with Crippen molar-refractivity contribution in [2.45, 2.75) is 6.10 Å². The van der Waals surface area contributed by atoms with Gasteiger partial charge in [0.25, 0.3) is 0 Å². The molecule has 0 radical (unpaired) electrons. The monoisotopic (exact) mass is 275 g/mol. The normalized spacial score (nSPS) is 17.0. The van der Waals surface area contributed by atoms with Gasteiger partial charge in [-0.15, -0.1) is 0 Å². The van der Waals surface area contributed by atoms with E-state index in [1.807, 2.05) is 48.5 Å². The van der Waals surface area contributed by atoms with E-state index in [9.17, 15) is 0 Å². The van der Waals surface area contributed by atoms with E-state index >= 15 is 0 Å². The molecule has 3 rings (SSSR count). The first-order valence-corrected chi connectivity index (χ1v) is 6.57. The zero-order chi connectivity index (χ0) is 13.1. The number of fused-ring (bicyclic) bond motifs is 1. The number of anilines is 1. The lowest BCUT2D eigenvalue weighted by molar-refractivity contribution is 0.132. The lowest BCUT2D eigenvalue weighted by Gasteiger charge is -2.27. The zero-order valence-electron chi connectivity index (χ0n) is 10.3. The lowest BCUT2D eigenvalue weighted by Crippen LogP contribution is -2.35. The van der Waals surface area contributed by atoms with Gasteiger partial charge >= 0.3 is 0 Å². The molecule has 0 aromatic heterocycles. The molecule has 1 heterocycles. The summed E-state index contributed by atoms with van der Waals surface area (Å²) in [6.07, 6.45) is -0.0221. The largest absolute Gasteiger partial charge is 0.490 e. The summed E-state index contributed by atoms with van der Waals surface area (Å²) in [6, 6.07) is 15.3. The number of benzene rings is 2. The van der Waals surface area contributed by atoms with E-state index in [4.69, 9.17) is 21.1 Å². The SMILES string of the molecule is Clc1ccc2c(c1)OC(COc1ccccc1)CN2. The van der Waals surface area contributed by atoms with Crippen molar-refractivity contribution in [2.75, 3.05) is 18.5 Å². The van der Waals surface area contributed by atoms with Crippen LogP contribution in [0.5, 0.6) is 11.5 Å². The average Bonchev–Trinajstić information content (AvgIpc) is 2.46. The molecule has 2 aromatic carbocycles. The summed E-state index contributed by atoms with van der Waals surface area (Å²) in [7, 11) is 0. The molecular formula is C15H14ClNO2. The smallest absolute Gasteiger partial charge is 0.150 e. The standard InChI is InChI=1S/C15H14ClNO2/c16-11-6-7-14-15(8-11)19-13(9-17-14)10-18-12-4-2-1-3-5-12/h1-8,13,17H,9-10H2. The minimum absolute atomic E-state index is 0.0221. The van der Waals surface area contributed by atoms with E-state index in [-0.39, 0.29) is 6.10 Å². The van der Waals surface area contributed by atoms with E-state index in [1.165, 1.54) is 0 Å². The van der Waals surface area contributed by atoms with Crippen LogP contribution in [0.2, 0.25) is 5.02 Å². The Morgan fingerprint density at radius 3 is 2.89 bits per heavy atom. The molecule has 0 fully saturated rings. The maximum atomic E-state index is 5.96. The van der Waals surface area contributed by atoms with E-state index in [2.05, 4.69) is 5.32 Å². The summed E-state index contributed by atoms with van der Waals surface area (Å²) in [5, 5.41) is 3.98. The third-order valence-electron chi connectivity index (χ3n) is 2.94. The first-order valence-electron chi connectivity index (χ1n) is 6.19. The van der Waals surface area contributed by atoms with Crippen molar-refractivity contribution in [2.24, 2.45) is 0 Å². The number of nitrogens with one attached hydrogen (secondary N) is 1. The fraction of sp³-hybridized carbons (Fsp3) is 0.200. The minimum atomic E-state index is -0.0221. The molecule has 1 atom stereocenters. The topological polar surface area (TPSA) is 30.5 Å². The van der Waals surface area contributed by atoms with Crippen LogP contribution in [-0.4, -0.2) is 19.3 Å². The molecule has 19 heavy (non-hydrogen) atoms. The number of ether oxygens (including phenoxy) is 2. The fourth-order valence-corrected chi connectivity index (χ4v) is 2.15. The molecule has 0 amide bonds. The van der Waals surface area contributed by atoms with Crippen LogP contribution in [0, 0.1) is 0 Å². The van der Waals surface area contributed by atoms with Gasteiger partial charge in [0.1, 0.15) is 24.2 Å². The van der Waals surface area contributed by atoms with Crippen LogP contribution < -0.4 is 14.8 Å². The van der Waals surface area contributed by atoms with Gasteiger partial charge in [-0.2, -0.15) is 0 Å². The number of hydrogen-bond acceptors (Lipinski definition) is 3. The van der Waals surface area contributed by atoms with Gasteiger partial charge in [0, 0.05) is 11.1 Å². The van der Waals surface area contributed by atoms with Gasteiger partial charge in [-0.25, -0.2) is 0 Å². The van der Waals surface area contributed by atoms with Gasteiger partial charge in [-0.05, 0) is 24.3 Å². The summed E-state index contributed by atoms with van der Waals surface area (Å²) in [5.74, 6) is 1.63. The molecule has 0 aliphatic carbocycles. The van der Waals surface area contributed by atoms with Gasteiger partial charge in [0.15, 0.2) is 0 Å². The molecule has 1 aliphatic heterocycles. The zero-order valence-corrected chi connectivity index (χ0v) is 11.1. The molecule has 1 unspecified atom stereocenters. The van der Waals surface area contributed by atoms with Gasteiger partial charge in [-0.1, -0.05) is 29.8 Å². The molecule has 3 nitrogen and oxygen atoms in total. The number of para-hydroxylation sites is 1. The summed E-state index contributed by atoms with van der Waals surface area (Å²) in [6.45, 7) is 1.23.